The highest BCUT2D eigenvalue weighted by molar-refractivity contribution is 5.32. The fourth-order valence-electron chi connectivity index (χ4n) is 2.44. The van der Waals surface area contributed by atoms with Crippen LogP contribution in [0.1, 0.15) is 17.5 Å². The molecule has 1 atom stereocenters. The highest BCUT2D eigenvalue weighted by Gasteiger charge is 2.28. The van der Waals surface area contributed by atoms with Crippen molar-refractivity contribution in [2.75, 3.05) is 20.3 Å². The van der Waals surface area contributed by atoms with E-state index in [4.69, 9.17) is 15.2 Å². The van der Waals surface area contributed by atoms with Crippen LogP contribution in [0.5, 0.6) is 5.75 Å². The molecule has 0 aliphatic heterocycles. The number of rotatable bonds is 8. The van der Waals surface area contributed by atoms with Gasteiger partial charge in [0.05, 0.1) is 20.3 Å². The zero-order valence-corrected chi connectivity index (χ0v) is 12.9. The number of hydrogen-bond donors (Lipinski definition) is 2. The topological polar surface area (TPSA) is 64.7 Å². The lowest BCUT2D eigenvalue weighted by Crippen LogP contribution is -2.34. The highest BCUT2D eigenvalue weighted by atomic mass is 16.5. The van der Waals surface area contributed by atoms with E-state index in [-0.39, 0.29) is 6.61 Å². The van der Waals surface area contributed by atoms with Crippen LogP contribution in [0.3, 0.4) is 0 Å². The lowest BCUT2D eigenvalue weighted by atomic mass is 9.91. The first-order valence-electron chi connectivity index (χ1n) is 7.37. The third kappa shape index (κ3) is 4.07. The van der Waals surface area contributed by atoms with Crippen molar-refractivity contribution in [2.45, 2.75) is 18.6 Å². The normalized spacial score (nSPS) is 13.6. The number of nitrogens with two attached hydrogens (primary N) is 1. The van der Waals surface area contributed by atoms with E-state index in [1.807, 2.05) is 54.6 Å². The van der Waals surface area contributed by atoms with Crippen LogP contribution in [0.2, 0.25) is 0 Å². The van der Waals surface area contributed by atoms with Crippen molar-refractivity contribution in [3.8, 4) is 5.75 Å². The zero-order valence-electron chi connectivity index (χ0n) is 12.9. The van der Waals surface area contributed by atoms with Crippen LogP contribution in [0.4, 0.5) is 0 Å². The Kier molecular flexibility index (Phi) is 5.95. The number of methoxy groups -OCH3 is 1. The summed E-state index contributed by atoms with van der Waals surface area (Å²) in [4.78, 5) is 0. The molecule has 0 amide bonds. The lowest BCUT2D eigenvalue weighted by Gasteiger charge is -2.28. The van der Waals surface area contributed by atoms with Crippen molar-refractivity contribution in [3.05, 3.63) is 65.7 Å². The molecule has 0 spiro atoms. The van der Waals surface area contributed by atoms with Crippen molar-refractivity contribution in [1.29, 1.82) is 0 Å². The third-order valence-electron chi connectivity index (χ3n) is 3.66. The predicted octanol–water partition coefficient (Wildman–Crippen LogP) is 2.45. The maximum absolute atomic E-state index is 10.9. The Labute approximate surface area is 131 Å². The van der Waals surface area contributed by atoms with Gasteiger partial charge in [0.1, 0.15) is 11.4 Å². The molecule has 2 rings (SSSR count). The van der Waals surface area contributed by atoms with Crippen molar-refractivity contribution in [3.63, 3.8) is 0 Å². The predicted molar refractivity (Wildman–Crippen MR) is 86.7 cm³/mol. The van der Waals surface area contributed by atoms with E-state index >= 15 is 0 Å². The van der Waals surface area contributed by atoms with Crippen LogP contribution < -0.4 is 10.5 Å². The summed E-state index contributed by atoms with van der Waals surface area (Å²) >= 11 is 0. The monoisotopic (exact) mass is 301 g/mol. The van der Waals surface area contributed by atoms with E-state index in [1.54, 1.807) is 7.11 Å². The summed E-state index contributed by atoms with van der Waals surface area (Å²) < 4.78 is 11.0. The lowest BCUT2D eigenvalue weighted by molar-refractivity contribution is -0.0605. The number of aliphatic hydroxyl groups is 1. The van der Waals surface area contributed by atoms with Crippen LogP contribution >= 0.6 is 0 Å². The van der Waals surface area contributed by atoms with Gasteiger partial charge in [-0.1, -0.05) is 48.5 Å². The first-order chi connectivity index (χ1) is 10.7. The van der Waals surface area contributed by atoms with Gasteiger partial charge in [-0.15, -0.1) is 0 Å². The molecule has 1 unspecified atom stereocenters. The molecular formula is C18H23NO3. The second-order valence-corrected chi connectivity index (χ2v) is 5.24. The number of benzene rings is 2. The average Bonchev–Trinajstić information content (AvgIpc) is 2.56. The van der Waals surface area contributed by atoms with Gasteiger partial charge in [-0.3, -0.25) is 0 Å². The first kappa shape index (κ1) is 16.5. The summed E-state index contributed by atoms with van der Waals surface area (Å²) in [6.07, 6.45) is 0.447. The number of hydrogen-bond acceptors (Lipinski definition) is 4. The van der Waals surface area contributed by atoms with E-state index in [1.165, 1.54) is 0 Å². The molecule has 0 heterocycles. The highest BCUT2D eigenvalue weighted by Crippen LogP contribution is 2.26. The molecule has 0 radical (unpaired) electrons. The quantitative estimate of drug-likeness (QED) is 0.786. The molecule has 0 saturated carbocycles. The van der Waals surface area contributed by atoms with Crippen molar-refractivity contribution in [2.24, 2.45) is 5.73 Å². The fraction of sp³-hybridized carbons (Fsp3) is 0.333. The second kappa shape index (κ2) is 7.94. The molecule has 22 heavy (non-hydrogen) atoms. The first-order valence-corrected chi connectivity index (χ1v) is 7.37. The summed E-state index contributed by atoms with van der Waals surface area (Å²) in [5.41, 5.74) is 6.35. The van der Waals surface area contributed by atoms with Crippen molar-refractivity contribution >= 4 is 0 Å². The molecule has 3 N–H and O–H groups in total. The van der Waals surface area contributed by atoms with Gasteiger partial charge < -0.3 is 20.3 Å². The SMILES string of the molecule is COc1ccccc1COCC(O)(CCN)c1ccccc1. The summed E-state index contributed by atoms with van der Waals surface area (Å²) in [5.74, 6) is 0.782. The van der Waals surface area contributed by atoms with Crippen LogP contribution in [-0.4, -0.2) is 25.4 Å². The molecule has 2 aromatic carbocycles. The van der Waals surface area contributed by atoms with Crippen molar-refractivity contribution in [1.82, 2.24) is 0 Å². The molecule has 0 fully saturated rings. The molecule has 0 bridgehead atoms. The van der Waals surface area contributed by atoms with E-state index < -0.39 is 5.60 Å². The summed E-state index contributed by atoms with van der Waals surface area (Å²) in [5, 5.41) is 10.9. The molecule has 4 heteroatoms. The van der Waals surface area contributed by atoms with Crippen LogP contribution in [0.25, 0.3) is 0 Å². The van der Waals surface area contributed by atoms with E-state index in [0.717, 1.165) is 16.9 Å². The minimum absolute atomic E-state index is 0.187. The summed E-state index contributed by atoms with van der Waals surface area (Å²) in [6.45, 7) is 0.958. The summed E-state index contributed by atoms with van der Waals surface area (Å²) in [6, 6.07) is 17.2. The maximum atomic E-state index is 10.9. The molecule has 0 aliphatic carbocycles. The Morgan fingerprint density at radius 2 is 1.73 bits per heavy atom. The minimum Gasteiger partial charge on any atom is -0.496 e. The molecular weight excluding hydrogens is 278 g/mol. The molecule has 0 aromatic heterocycles. The van der Waals surface area contributed by atoms with Gasteiger partial charge in [-0.05, 0) is 24.6 Å². The smallest absolute Gasteiger partial charge is 0.124 e. The van der Waals surface area contributed by atoms with Gasteiger partial charge in [-0.25, -0.2) is 0 Å². The molecule has 0 saturated heterocycles. The molecule has 2 aromatic rings. The fourth-order valence-corrected chi connectivity index (χ4v) is 2.44. The van der Waals surface area contributed by atoms with Gasteiger partial charge in [-0.2, -0.15) is 0 Å². The van der Waals surface area contributed by atoms with Gasteiger partial charge in [0.25, 0.3) is 0 Å². The Balaban J connectivity index is 2.03. The van der Waals surface area contributed by atoms with Crippen LogP contribution in [-0.2, 0) is 16.9 Å². The molecule has 4 nitrogen and oxygen atoms in total. The van der Waals surface area contributed by atoms with Crippen LogP contribution in [0, 0.1) is 0 Å². The largest absolute Gasteiger partial charge is 0.496 e. The van der Waals surface area contributed by atoms with Gasteiger partial charge in [0.2, 0.25) is 0 Å². The van der Waals surface area contributed by atoms with E-state index in [0.29, 0.717) is 19.6 Å². The van der Waals surface area contributed by atoms with Crippen molar-refractivity contribution < 1.29 is 14.6 Å². The van der Waals surface area contributed by atoms with E-state index in [9.17, 15) is 5.11 Å². The van der Waals surface area contributed by atoms with Crippen LogP contribution in [0.15, 0.2) is 54.6 Å². The summed E-state index contributed by atoms with van der Waals surface area (Å²) in [7, 11) is 1.63. The van der Waals surface area contributed by atoms with Gasteiger partial charge >= 0.3 is 0 Å². The zero-order chi connectivity index (χ0) is 15.8. The standard InChI is InChI=1S/C18H23NO3/c1-21-17-10-6-5-7-15(17)13-22-14-18(20,11-12-19)16-8-3-2-4-9-16/h2-10,20H,11-14,19H2,1H3. The number of para-hydroxylation sites is 1. The average molecular weight is 301 g/mol. The third-order valence-corrected chi connectivity index (χ3v) is 3.66. The van der Waals surface area contributed by atoms with E-state index in [2.05, 4.69) is 0 Å². The maximum Gasteiger partial charge on any atom is 0.124 e. The Bertz CT molecular complexity index is 574. The Hall–Kier alpha value is -1.88. The van der Waals surface area contributed by atoms with Gasteiger partial charge in [0.15, 0.2) is 0 Å². The Morgan fingerprint density at radius 3 is 2.41 bits per heavy atom. The van der Waals surface area contributed by atoms with Gasteiger partial charge in [0, 0.05) is 5.56 Å². The second-order valence-electron chi connectivity index (χ2n) is 5.24. The minimum atomic E-state index is -1.07. The molecule has 118 valence electrons. The molecule has 0 aliphatic rings. The Morgan fingerprint density at radius 1 is 1.05 bits per heavy atom. The number of ether oxygens (including phenoxy) is 2.